The zero-order valence-corrected chi connectivity index (χ0v) is 10.5. The first-order valence-electron chi connectivity index (χ1n) is 6.01. The van der Waals surface area contributed by atoms with Gasteiger partial charge in [-0.15, -0.1) is 0 Å². The fourth-order valence-electron chi connectivity index (χ4n) is 1.88. The van der Waals surface area contributed by atoms with E-state index in [1.54, 1.807) is 18.2 Å². The lowest BCUT2D eigenvalue weighted by Crippen LogP contribution is -1.81. The molecule has 0 amide bonds. The molecule has 2 aromatic carbocycles. The summed E-state index contributed by atoms with van der Waals surface area (Å²) in [5.41, 5.74) is 2.98. The molecule has 0 fully saturated rings. The molecule has 19 heavy (non-hydrogen) atoms. The van der Waals surface area contributed by atoms with Crippen LogP contribution < -0.4 is 0 Å². The molecule has 0 aliphatic heterocycles. The number of nitrogens with one attached hydrogen (secondary N) is 1. The second-order valence-corrected chi connectivity index (χ2v) is 4.42. The van der Waals surface area contributed by atoms with Crippen molar-refractivity contribution < 1.29 is 5.11 Å². The number of phenols is 1. The van der Waals surface area contributed by atoms with E-state index in [9.17, 15) is 5.11 Å². The summed E-state index contributed by atoms with van der Waals surface area (Å²) in [5, 5.41) is 16.6. The van der Waals surface area contributed by atoms with Gasteiger partial charge in [0.1, 0.15) is 5.75 Å². The van der Waals surface area contributed by atoms with E-state index < -0.39 is 0 Å². The number of nitrogens with zero attached hydrogens (tertiary/aromatic N) is 2. The Morgan fingerprint density at radius 1 is 1.00 bits per heavy atom. The molecule has 3 rings (SSSR count). The molecule has 4 nitrogen and oxygen atoms in total. The molecule has 0 saturated heterocycles. The standard InChI is InChI=1S/C15H13N3O/c1-10-5-7-11(8-6-10)14-16-15(18-17-14)12-3-2-4-13(19)9-12/h2-9,19H,1H3,(H,16,17,18). The van der Waals surface area contributed by atoms with Crippen LogP contribution in [0, 0.1) is 6.92 Å². The normalized spacial score (nSPS) is 10.6. The van der Waals surface area contributed by atoms with Gasteiger partial charge in [0.05, 0.1) is 0 Å². The number of hydrogen-bond acceptors (Lipinski definition) is 3. The maximum Gasteiger partial charge on any atom is 0.181 e. The van der Waals surface area contributed by atoms with Crippen LogP contribution in [-0.4, -0.2) is 20.3 Å². The number of aromatic amines is 1. The fourth-order valence-corrected chi connectivity index (χ4v) is 1.88. The van der Waals surface area contributed by atoms with Gasteiger partial charge >= 0.3 is 0 Å². The SMILES string of the molecule is Cc1ccc(-c2nc(-c3cccc(O)c3)n[nH]2)cc1. The summed E-state index contributed by atoms with van der Waals surface area (Å²) in [5.74, 6) is 1.50. The van der Waals surface area contributed by atoms with Crippen LogP contribution in [0.4, 0.5) is 0 Å². The highest BCUT2D eigenvalue weighted by molar-refractivity contribution is 5.62. The lowest BCUT2D eigenvalue weighted by Gasteiger charge is -1.97. The highest BCUT2D eigenvalue weighted by Crippen LogP contribution is 2.22. The Morgan fingerprint density at radius 2 is 1.79 bits per heavy atom. The Labute approximate surface area is 110 Å². The van der Waals surface area contributed by atoms with E-state index >= 15 is 0 Å². The number of aromatic nitrogens is 3. The van der Waals surface area contributed by atoms with Crippen LogP contribution in [0.5, 0.6) is 5.75 Å². The first kappa shape index (κ1) is 11.5. The van der Waals surface area contributed by atoms with E-state index in [4.69, 9.17) is 0 Å². The maximum atomic E-state index is 9.46. The quantitative estimate of drug-likeness (QED) is 0.735. The largest absolute Gasteiger partial charge is 0.508 e. The van der Waals surface area contributed by atoms with Crippen LogP contribution in [0.25, 0.3) is 22.8 Å². The van der Waals surface area contributed by atoms with Crippen LogP contribution in [0.3, 0.4) is 0 Å². The molecule has 0 atom stereocenters. The third kappa shape index (κ3) is 2.33. The number of aryl methyl sites for hydroxylation is 1. The van der Waals surface area contributed by atoms with Gasteiger partial charge in [0.2, 0.25) is 0 Å². The molecule has 1 heterocycles. The molecular weight excluding hydrogens is 238 g/mol. The molecule has 0 aliphatic rings. The number of H-pyrrole nitrogens is 1. The second kappa shape index (κ2) is 4.57. The Bertz CT molecular complexity index is 701. The fraction of sp³-hybridized carbons (Fsp3) is 0.0667. The number of phenolic OH excluding ortho intramolecular Hbond substituents is 1. The number of aromatic hydroxyl groups is 1. The van der Waals surface area contributed by atoms with Crippen LogP contribution in [0.15, 0.2) is 48.5 Å². The van der Waals surface area contributed by atoms with Gasteiger partial charge in [-0.1, -0.05) is 42.0 Å². The number of rotatable bonds is 2. The first-order chi connectivity index (χ1) is 9.22. The van der Waals surface area contributed by atoms with Crippen LogP contribution in [-0.2, 0) is 0 Å². The zero-order chi connectivity index (χ0) is 13.2. The molecule has 4 heteroatoms. The minimum Gasteiger partial charge on any atom is -0.508 e. The Hall–Kier alpha value is -2.62. The molecule has 1 aromatic heterocycles. The number of hydrogen-bond donors (Lipinski definition) is 2. The monoisotopic (exact) mass is 251 g/mol. The molecule has 0 spiro atoms. The van der Waals surface area contributed by atoms with Crippen molar-refractivity contribution in [2.45, 2.75) is 6.92 Å². The Balaban J connectivity index is 1.97. The van der Waals surface area contributed by atoms with Crippen molar-refractivity contribution in [1.82, 2.24) is 15.2 Å². The minimum atomic E-state index is 0.208. The highest BCUT2D eigenvalue weighted by Gasteiger charge is 2.07. The van der Waals surface area contributed by atoms with Gasteiger partial charge in [0.15, 0.2) is 11.6 Å². The van der Waals surface area contributed by atoms with Crippen molar-refractivity contribution in [3.05, 3.63) is 54.1 Å². The third-order valence-electron chi connectivity index (χ3n) is 2.91. The summed E-state index contributed by atoms with van der Waals surface area (Å²) in [6.45, 7) is 2.04. The zero-order valence-electron chi connectivity index (χ0n) is 10.5. The summed E-state index contributed by atoms with van der Waals surface area (Å²) in [6.07, 6.45) is 0. The summed E-state index contributed by atoms with van der Waals surface area (Å²) in [7, 11) is 0. The van der Waals surface area contributed by atoms with Gasteiger partial charge in [0, 0.05) is 11.1 Å². The minimum absolute atomic E-state index is 0.208. The molecule has 0 radical (unpaired) electrons. The van der Waals surface area contributed by atoms with E-state index in [0.29, 0.717) is 5.82 Å². The van der Waals surface area contributed by atoms with Gasteiger partial charge < -0.3 is 5.11 Å². The van der Waals surface area contributed by atoms with Crippen LogP contribution >= 0.6 is 0 Å². The van der Waals surface area contributed by atoms with E-state index in [-0.39, 0.29) is 5.75 Å². The first-order valence-corrected chi connectivity index (χ1v) is 6.01. The lowest BCUT2D eigenvalue weighted by molar-refractivity contribution is 0.475. The average Bonchev–Trinajstić information content (AvgIpc) is 2.89. The smallest absolute Gasteiger partial charge is 0.181 e. The van der Waals surface area contributed by atoms with E-state index in [2.05, 4.69) is 15.2 Å². The Kier molecular flexibility index (Phi) is 2.76. The van der Waals surface area contributed by atoms with Gasteiger partial charge in [0.25, 0.3) is 0 Å². The van der Waals surface area contributed by atoms with Crippen LogP contribution in [0.1, 0.15) is 5.56 Å². The highest BCUT2D eigenvalue weighted by atomic mass is 16.3. The van der Waals surface area contributed by atoms with Gasteiger partial charge in [-0.2, -0.15) is 5.10 Å². The summed E-state index contributed by atoms with van der Waals surface area (Å²) < 4.78 is 0. The van der Waals surface area contributed by atoms with Crippen molar-refractivity contribution in [3.63, 3.8) is 0 Å². The van der Waals surface area contributed by atoms with Gasteiger partial charge in [-0.25, -0.2) is 4.98 Å². The predicted octanol–water partition coefficient (Wildman–Crippen LogP) is 3.15. The maximum absolute atomic E-state index is 9.46. The molecular formula is C15H13N3O. The second-order valence-electron chi connectivity index (χ2n) is 4.42. The van der Waals surface area contributed by atoms with Crippen molar-refractivity contribution in [2.24, 2.45) is 0 Å². The van der Waals surface area contributed by atoms with Gasteiger partial charge in [-0.05, 0) is 19.1 Å². The molecule has 0 bridgehead atoms. The van der Waals surface area contributed by atoms with E-state index in [1.807, 2.05) is 37.3 Å². The molecule has 0 saturated carbocycles. The van der Waals surface area contributed by atoms with Crippen LogP contribution in [0.2, 0.25) is 0 Å². The van der Waals surface area contributed by atoms with Crippen molar-refractivity contribution >= 4 is 0 Å². The Morgan fingerprint density at radius 3 is 2.53 bits per heavy atom. The molecule has 3 aromatic rings. The lowest BCUT2D eigenvalue weighted by atomic mass is 10.1. The number of benzene rings is 2. The molecule has 94 valence electrons. The van der Waals surface area contributed by atoms with E-state index in [1.165, 1.54) is 5.56 Å². The predicted molar refractivity (Wildman–Crippen MR) is 73.7 cm³/mol. The molecule has 2 N–H and O–H groups in total. The summed E-state index contributed by atoms with van der Waals surface area (Å²) in [4.78, 5) is 4.44. The summed E-state index contributed by atoms with van der Waals surface area (Å²) in [6, 6.07) is 15.0. The third-order valence-corrected chi connectivity index (χ3v) is 2.91. The van der Waals surface area contributed by atoms with Crippen molar-refractivity contribution in [3.8, 4) is 28.5 Å². The van der Waals surface area contributed by atoms with E-state index in [0.717, 1.165) is 17.0 Å². The van der Waals surface area contributed by atoms with Gasteiger partial charge in [-0.3, -0.25) is 5.10 Å². The van der Waals surface area contributed by atoms with Crippen molar-refractivity contribution in [2.75, 3.05) is 0 Å². The van der Waals surface area contributed by atoms with Crippen molar-refractivity contribution in [1.29, 1.82) is 0 Å². The topological polar surface area (TPSA) is 61.8 Å². The molecule has 0 unspecified atom stereocenters. The summed E-state index contributed by atoms with van der Waals surface area (Å²) >= 11 is 0. The molecule has 0 aliphatic carbocycles. The average molecular weight is 251 g/mol.